The highest BCUT2D eigenvalue weighted by Crippen LogP contribution is 2.25. The quantitative estimate of drug-likeness (QED) is 0.917. The van der Waals surface area contributed by atoms with E-state index in [1.807, 2.05) is 6.07 Å². The van der Waals surface area contributed by atoms with Gasteiger partial charge in [0.2, 0.25) is 5.89 Å². The Bertz CT molecular complexity index is 527. The Morgan fingerprint density at radius 2 is 2.22 bits per heavy atom. The van der Waals surface area contributed by atoms with Crippen LogP contribution in [0.3, 0.4) is 0 Å². The van der Waals surface area contributed by atoms with Crippen molar-refractivity contribution in [1.82, 2.24) is 15.5 Å². The average Bonchev–Trinajstić information content (AvgIpc) is 2.97. The Hall–Kier alpha value is -1.39. The first kappa shape index (κ1) is 11.7. The van der Waals surface area contributed by atoms with E-state index in [1.54, 1.807) is 0 Å². The summed E-state index contributed by atoms with van der Waals surface area (Å²) in [6.07, 6.45) is 4.31. The lowest BCUT2D eigenvalue weighted by Crippen LogP contribution is -2.31. The summed E-state index contributed by atoms with van der Waals surface area (Å²) in [5.41, 5.74) is 2.76. The van der Waals surface area contributed by atoms with Crippen molar-refractivity contribution in [2.45, 2.75) is 25.3 Å². The molecular formula is C13H14ClN3O. The lowest BCUT2D eigenvalue weighted by Gasteiger charge is -2.10. The molecule has 1 aliphatic rings. The van der Waals surface area contributed by atoms with E-state index in [-0.39, 0.29) is 0 Å². The van der Waals surface area contributed by atoms with Crippen LogP contribution in [0.5, 0.6) is 0 Å². The number of hydrogen-bond acceptors (Lipinski definition) is 4. The van der Waals surface area contributed by atoms with E-state index < -0.39 is 0 Å². The molecule has 0 radical (unpaired) electrons. The molecule has 0 saturated heterocycles. The van der Waals surface area contributed by atoms with Crippen LogP contribution in [0.2, 0.25) is 5.02 Å². The summed E-state index contributed by atoms with van der Waals surface area (Å²) in [6, 6.07) is 6.64. The summed E-state index contributed by atoms with van der Waals surface area (Å²) in [4.78, 5) is 4.00. The molecule has 1 aromatic heterocycles. The molecule has 1 atom stereocenters. The van der Waals surface area contributed by atoms with E-state index in [0.29, 0.717) is 11.9 Å². The number of halogens is 1. The minimum atomic E-state index is 0.487. The van der Waals surface area contributed by atoms with Crippen LogP contribution in [0.15, 0.2) is 29.0 Å². The van der Waals surface area contributed by atoms with Crippen molar-refractivity contribution < 1.29 is 4.52 Å². The van der Waals surface area contributed by atoms with Crippen molar-refractivity contribution in [3.8, 4) is 0 Å². The van der Waals surface area contributed by atoms with Crippen LogP contribution < -0.4 is 5.32 Å². The zero-order valence-electron chi connectivity index (χ0n) is 9.90. The third-order valence-electron chi connectivity index (χ3n) is 3.28. The molecule has 0 spiro atoms. The lowest BCUT2D eigenvalue weighted by atomic mass is 10.1. The predicted molar refractivity (Wildman–Crippen MR) is 68.7 cm³/mol. The third kappa shape index (κ3) is 2.54. The Kier molecular flexibility index (Phi) is 3.30. The van der Waals surface area contributed by atoms with Gasteiger partial charge >= 0.3 is 0 Å². The van der Waals surface area contributed by atoms with Gasteiger partial charge in [-0.05, 0) is 36.1 Å². The van der Waals surface area contributed by atoms with Crippen molar-refractivity contribution in [1.29, 1.82) is 0 Å². The predicted octanol–water partition coefficient (Wildman–Crippen LogP) is 2.02. The van der Waals surface area contributed by atoms with Gasteiger partial charge in [0.25, 0.3) is 0 Å². The minimum absolute atomic E-state index is 0.487. The molecule has 0 aliphatic heterocycles. The number of benzene rings is 1. The van der Waals surface area contributed by atoms with E-state index in [4.69, 9.17) is 16.1 Å². The van der Waals surface area contributed by atoms with Crippen LogP contribution in [-0.2, 0) is 19.3 Å². The highest BCUT2D eigenvalue weighted by Gasteiger charge is 2.20. The Balaban J connectivity index is 1.52. The Labute approximate surface area is 110 Å². The van der Waals surface area contributed by atoms with Gasteiger partial charge in [0.1, 0.15) is 0 Å². The van der Waals surface area contributed by atoms with Crippen LogP contribution in [0.25, 0.3) is 0 Å². The maximum absolute atomic E-state index is 5.99. The smallest absolute Gasteiger partial charge is 0.227 e. The molecular weight excluding hydrogens is 250 g/mol. The first-order valence-electron chi connectivity index (χ1n) is 6.07. The summed E-state index contributed by atoms with van der Waals surface area (Å²) in [5, 5.41) is 7.92. The largest absolute Gasteiger partial charge is 0.340 e. The highest BCUT2D eigenvalue weighted by atomic mass is 35.5. The molecule has 94 valence electrons. The maximum Gasteiger partial charge on any atom is 0.227 e. The van der Waals surface area contributed by atoms with Crippen LogP contribution >= 0.6 is 11.6 Å². The topological polar surface area (TPSA) is 51.0 Å². The molecule has 1 N–H and O–H groups in total. The van der Waals surface area contributed by atoms with Crippen molar-refractivity contribution in [2.75, 3.05) is 6.54 Å². The number of rotatable bonds is 4. The number of hydrogen-bond donors (Lipinski definition) is 1. The van der Waals surface area contributed by atoms with Gasteiger partial charge < -0.3 is 9.84 Å². The molecule has 18 heavy (non-hydrogen) atoms. The van der Waals surface area contributed by atoms with Crippen molar-refractivity contribution in [2.24, 2.45) is 0 Å². The molecule has 0 bridgehead atoms. The first-order chi connectivity index (χ1) is 8.81. The minimum Gasteiger partial charge on any atom is -0.340 e. The first-order valence-corrected chi connectivity index (χ1v) is 6.45. The number of aromatic nitrogens is 2. The fourth-order valence-electron chi connectivity index (χ4n) is 2.42. The molecule has 2 aromatic rings. The summed E-state index contributed by atoms with van der Waals surface area (Å²) < 4.78 is 4.96. The Morgan fingerprint density at radius 1 is 1.33 bits per heavy atom. The van der Waals surface area contributed by atoms with Gasteiger partial charge in [0.15, 0.2) is 6.33 Å². The second kappa shape index (κ2) is 5.08. The lowest BCUT2D eigenvalue weighted by molar-refractivity contribution is 0.371. The van der Waals surface area contributed by atoms with Gasteiger partial charge in [-0.15, -0.1) is 0 Å². The molecule has 0 amide bonds. The van der Waals surface area contributed by atoms with Crippen molar-refractivity contribution in [3.05, 3.63) is 46.6 Å². The highest BCUT2D eigenvalue weighted by molar-refractivity contribution is 6.30. The van der Waals surface area contributed by atoms with Gasteiger partial charge in [-0.1, -0.05) is 22.8 Å². The van der Waals surface area contributed by atoms with Crippen LogP contribution in [0, 0.1) is 0 Å². The molecule has 4 nitrogen and oxygen atoms in total. The maximum atomic E-state index is 5.99. The zero-order chi connectivity index (χ0) is 12.4. The molecule has 0 fully saturated rings. The van der Waals surface area contributed by atoms with Gasteiger partial charge in [0, 0.05) is 24.0 Å². The summed E-state index contributed by atoms with van der Waals surface area (Å²) in [5.74, 6) is 0.682. The second-order valence-corrected chi connectivity index (χ2v) is 4.99. The molecule has 1 aromatic carbocycles. The van der Waals surface area contributed by atoms with E-state index in [1.165, 1.54) is 17.5 Å². The SMILES string of the molecule is Clc1ccc2c(c1)CC(NCCc1ncno1)C2. The monoisotopic (exact) mass is 263 g/mol. The molecule has 3 rings (SSSR count). The molecule has 1 unspecified atom stereocenters. The average molecular weight is 264 g/mol. The van der Waals surface area contributed by atoms with E-state index in [2.05, 4.69) is 27.6 Å². The summed E-state index contributed by atoms with van der Waals surface area (Å²) >= 11 is 5.99. The zero-order valence-corrected chi connectivity index (χ0v) is 10.7. The number of nitrogens with one attached hydrogen (secondary N) is 1. The van der Waals surface area contributed by atoms with Gasteiger partial charge in [-0.25, -0.2) is 0 Å². The fourth-order valence-corrected chi connectivity index (χ4v) is 2.62. The van der Waals surface area contributed by atoms with Crippen molar-refractivity contribution in [3.63, 3.8) is 0 Å². The second-order valence-electron chi connectivity index (χ2n) is 4.56. The fraction of sp³-hybridized carbons (Fsp3) is 0.385. The number of fused-ring (bicyclic) bond motifs is 1. The van der Waals surface area contributed by atoms with E-state index in [0.717, 1.165) is 30.8 Å². The van der Waals surface area contributed by atoms with Crippen LogP contribution in [-0.4, -0.2) is 22.7 Å². The molecule has 0 saturated carbocycles. The Morgan fingerprint density at radius 3 is 3.06 bits per heavy atom. The molecule has 1 heterocycles. The van der Waals surface area contributed by atoms with Crippen molar-refractivity contribution >= 4 is 11.6 Å². The third-order valence-corrected chi connectivity index (χ3v) is 3.51. The normalized spacial score (nSPS) is 17.9. The van der Waals surface area contributed by atoms with Gasteiger partial charge in [-0.2, -0.15) is 4.98 Å². The van der Waals surface area contributed by atoms with Crippen LogP contribution in [0.4, 0.5) is 0 Å². The number of nitrogens with zero attached hydrogens (tertiary/aromatic N) is 2. The van der Waals surface area contributed by atoms with Gasteiger partial charge in [0.05, 0.1) is 0 Å². The molecule has 1 aliphatic carbocycles. The van der Waals surface area contributed by atoms with E-state index in [9.17, 15) is 0 Å². The summed E-state index contributed by atoms with van der Waals surface area (Å²) in [6.45, 7) is 0.856. The van der Waals surface area contributed by atoms with Crippen LogP contribution in [0.1, 0.15) is 17.0 Å². The molecule has 5 heteroatoms. The summed E-state index contributed by atoms with van der Waals surface area (Å²) in [7, 11) is 0. The standard InChI is InChI=1S/C13H14ClN3O/c14-11-2-1-9-6-12(7-10(9)5-11)15-4-3-13-16-8-17-18-13/h1-2,5,8,12,15H,3-4,6-7H2. The van der Waals surface area contributed by atoms with E-state index >= 15 is 0 Å². The van der Waals surface area contributed by atoms with Gasteiger partial charge in [-0.3, -0.25) is 0 Å².